The summed E-state index contributed by atoms with van der Waals surface area (Å²) in [5, 5.41) is 4.39. The summed E-state index contributed by atoms with van der Waals surface area (Å²) >= 11 is 11.8. The molecule has 94 valence electrons. The van der Waals surface area contributed by atoms with Crippen LogP contribution in [0.2, 0.25) is 10.0 Å². The molecule has 0 unspecified atom stereocenters. The monoisotopic (exact) mass is 273 g/mol. The van der Waals surface area contributed by atoms with Gasteiger partial charge in [0.2, 0.25) is 0 Å². The highest BCUT2D eigenvalue weighted by atomic mass is 35.5. The fourth-order valence-electron chi connectivity index (χ4n) is 1.17. The molecule has 0 aliphatic heterocycles. The summed E-state index contributed by atoms with van der Waals surface area (Å²) in [5.41, 5.74) is 0.977. The van der Waals surface area contributed by atoms with Gasteiger partial charge in [0.15, 0.2) is 0 Å². The number of hydrogen-bond donors (Lipinski definition) is 1. The highest BCUT2D eigenvalue weighted by Crippen LogP contribution is 2.27. The Morgan fingerprint density at radius 2 is 2.12 bits per heavy atom. The van der Waals surface area contributed by atoms with Crippen molar-refractivity contribution >= 4 is 23.2 Å². The van der Waals surface area contributed by atoms with Crippen molar-refractivity contribution in [2.24, 2.45) is 0 Å². The molecule has 0 saturated heterocycles. The minimum Gasteiger partial charge on any atom is -0.488 e. The Balaban J connectivity index is 2.42. The van der Waals surface area contributed by atoms with E-state index >= 15 is 0 Å². The lowest BCUT2D eigenvalue weighted by molar-refractivity contribution is 0.347. The molecule has 0 fully saturated rings. The summed E-state index contributed by atoms with van der Waals surface area (Å²) in [4.78, 5) is 0. The molecule has 0 radical (unpaired) electrons. The van der Waals surface area contributed by atoms with Gasteiger partial charge >= 0.3 is 0 Å². The number of hydrogen-bond acceptors (Lipinski definition) is 2. The third-order valence-electron chi connectivity index (χ3n) is 2.09. The van der Waals surface area contributed by atoms with E-state index in [0.29, 0.717) is 28.4 Å². The van der Waals surface area contributed by atoms with Gasteiger partial charge in [0, 0.05) is 17.6 Å². The third-order valence-corrected chi connectivity index (χ3v) is 2.62. The van der Waals surface area contributed by atoms with Gasteiger partial charge in [-0.25, -0.2) is 0 Å². The molecule has 0 heterocycles. The largest absolute Gasteiger partial charge is 0.488 e. The van der Waals surface area contributed by atoms with Crippen LogP contribution in [0.4, 0.5) is 0 Å². The van der Waals surface area contributed by atoms with Gasteiger partial charge in [-0.3, -0.25) is 0 Å². The Labute approximate surface area is 113 Å². The minimum atomic E-state index is 0.436. The van der Waals surface area contributed by atoms with Crippen molar-refractivity contribution in [1.82, 2.24) is 5.32 Å². The van der Waals surface area contributed by atoms with E-state index in [9.17, 15) is 0 Å². The average molecular weight is 274 g/mol. The van der Waals surface area contributed by atoms with Crippen LogP contribution in [-0.4, -0.2) is 19.2 Å². The summed E-state index contributed by atoms with van der Waals surface area (Å²) in [6.07, 6.45) is 0. The molecule has 0 aliphatic carbocycles. The van der Waals surface area contributed by atoms with Crippen LogP contribution in [0.3, 0.4) is 0 Å². The lowest BCUT2D eigenvalue weighted by Gasteiger charge is -2.12. The molecule has 1 N–H and O–H groups in total. The topological polar surface area (TPSA) is 21.3 Å². The van der Waals surface area contributed by atoms with E-state index in [2.05, 4.69) is 25.7 Å². The standard InChI is InChI=1S/C13H17Cl2NO/c1-9(2)16-7-10(3)8-17-13-5-4-11(14)6-12(13)15/h4-6,9,16H,3,7-8H2,1-2H3. The maximum atomic E-state index is 5.99. The van der Waals surface area contributed by atoms with Gasteiger partial charge in [-0.1, -0.05) is 43.6 Å². The fourth-order valence-corrected chi connectivity index (χ4v) is 1.63. The first kappa shape index (κ1) is 14.4. The molecule has 0 amide bonds. The molecule has 17 heavy (non-hydrogen) atoms. The first-order valence-corrected chi connectivity index (χ1v) is 6.22. The molecule has 0 spiro atoms. The molecule has 1 aromatic rings. The van der Waals surface area contributed by atoms with E-state index < -0.39 is 0 Å². The zero-order valence-electron chi connectivity index (χ0n) is 10.1. The van der Waals surface area contributed by atoms with Crippen LogP contribution in [0, 0.1) is 0 Å². The van der Waals surface area contributed by atoms with Crippen LogP contribution in [-0.2, 0) is 0 Å². The minimum absolute atomic E-state index is 0.436. The third kappa shape index (κ3) is 5.44. The van der Waals surface area contributed by atoms with Gasteiger partial charge < -0.3 is 10.1 Å². The zero-order valence-corrected chi connectivity index (χ0v) is 11.6. The Bertz CT molecular complexity index is 391. The highest BCUT2D eigenvalue weighted by Gasteiger charge is 2.03. The van der Waals surface area contributed by atoms with Crippen LogP contribution in [0.25, 0.3) is 0 Å². The Morgan fingerprint density at radius 1 is 1.41 bits per heavy atom. The number of ether oxygens (including phenoxy) is 1. The number of benzene rings is 1. The van der Waals surface area contributed by atoms with Crippen LogP contribution >= 0.6 is 23.2 Å². The lowest BCUT2D eigenvalue weighted by Crippen LogP contribution is -2.26. The van der Waals surface area contributed by atoms with E-state index in [1.54, 1.807) is 18.2 Å². The van der Waals surface area contributed by atoms with E-state index in [4.69, 9.17) is 27.9 Å². The predicted octanol–water partition coefficient (Wildman–Crippen LogP) is 3.93. The molecule has 0 bridgehead atoms. The normalized spacial score (nSPS) is 10.6. The first-order valence-electron chi connectivity index (χ1n) is 5.47. The maximum absolute atomic E-state index is 5.99. The molecular weight excluding hydrogens is 257 g/mol. The SMILES string of the molecule is C=C(CNC(C)C)COc1ccc(Cl)cc1Cl. The molecule has 1 rings (SSSR count). The smallest absolute Gasteiger partial charge is 0.138 e. The summed E-state index contributed by atoms with van der Waals surface area (Å²) in [6.45, 7) is 9.29. The number of rotatable bonds is 6. The van der Waals surface area contributed by atoms with E-state index in [-0.39, 0.29) is 0 Å². The van der Waals surface area contributed by atoms with Crippen molar-refractivity contribution in [2.45, 2.75) is 19.9 Å². The second-order valence-electron chi connectivity index (χ2n) is 4.15. The van der Waals surface area contributed by atoms with Gasteiger partial charge in [-0.15, -0.1) is 0 Å². The Morgan fingerprint density at radius 3 is 2.71 bits per heavy atom. The average Bonchev–Trinajstić information content (AvgIpc) is 2.25. The predicted molar refractivity (Wildman–Crippen MR) is 74.2 cm³/mol. The van der Waals surface area contributed by atoms with Gasteiger partial charge in [0.25, 0.3) is 0 Å². The maximum Gasteiger partial charge on any atom is 0.138 e. The molecule has 0 saturated carbocycles. The molecule has 0 aliphatic rings. The van der Waals surface area contributed by atoms with Crippen LogP contribution < -0.4 is 10.1 Å². The fraction of sp³-hybridized carbons (Fsp3) is 0.385. The Kier molecular flexibility index (Phi) is 5.83. The van der Waals surface area contributed by atoms with E-state index in [1.807, 2.05) is 0 Å². The summed E-state index contributed by atoms with van der Waals surface area (Å²) in [5.74, 6) is 0.627. The first-order chi connectivity index (χ1) is 7.99. The van der Waals surface area contributed by atoms with Crippen molar-refractivity contribution in [3.63, 3.8) is 0 Å². The van der Waals surface area contributed by atoms with Crippen molar-refractivity contribution in [1.29, 1.82) is 0 Å². The molecule has 0 atom stereocenters. The summed E-state index contributed by atoms with van der Waals surface area (Å²) in [6, 6.07) is 5.60. The van der Waals surface area contributed by atoms with Crippen molar-refractivity contribution in [2.75, 3.05) is 13.2 Å². The Hall–Kier alpha value is -0.700. The zero-order chi connectivity index (χ0) is 12.8. The molecule has 0 aromatic heterocycles. The van der Waals surface area contributed by atoms with Crippen molar-refractivity contribution in [3.8, 4) is 5.75 Å². The van der Waals surface area contributed by atoms with Crippen LogP contribution in [0.15, 0.2) is 30.4 Å². The molecular formula is C13H17Cl2NO. The van der Waals surface area contributed by atoms with Crippen LogP contribution in [0.5, 0.6) is 5.75 Å². The summed E-state index contributed by atoms with van der Waals surface area (Å²) in [7, 11) is 0. The number of halogens is 2. The molecule has 2 nitrogen and oxygen atoms in total. The lowest BCUT2D eigenvalue weighted by atomic mass is 10.3. The van der Waals surface area contributed by atoms with Gasteiger partial charge in [0.1, 0.15) is 12.4 Å². The van der Waals surface area contributed by atoms with Gasteiger partial charge in [-0.05, 0) is 23.8 Å². The molecule has 4 heteroatoms. The second-order valence-corrected chi connectivity index (χ2v) is 4.99. The van der Waals surface area contributed by atoms with Crippen LogP contribution in [0.1, 0.15) is 13.8 Å². The van der Waals surface area contributed by atoms with Crippen molar-refractivity contribution in [3.05, 3.63) is 40.4 Å². The quantitative estimate of drug-likeness (QED) is 0.794. The second kappa shape index (κ2) is 6.90. The van der Waals surface area contributed by atoms with Crippen molar-refractivity contribution < 1.29 is 4.74 Å². The summed E-state index contributed by atoms with van der Waals surface area (Å²) < 4.78 is 5.56. The van der Waals surface area contributed by atoms with E-state index in [1.165, 1.54) is 0 Å². The number of nitrogens with one attached hydrogen (secondary N) is 1. The van der Waals surface area contributed by atoms with Gasteiger partial charge in [-0.2, -0.15) is 0 Å². The highest BCUT2D eigenvalue weighted by molar-refractivity contribution is 6.35. The van der Waals surface area contributed by atoms with E-state index in [0.717, 1.165) is 12.1 Å². The molecule has 1 aromatic carbocycles. The van der Waals surface area contributed by atoms with Gasteiger partial charge in [0.05, 0.1) is 5.02 Å².